The Hall–Kier alpha value is -0.930. The molecule has 0 amide bonds. The van der Waals surface area contributed by atoms with Crippen molar-refractivity contribution in [1.29, 1.82) is 0 Å². The Morgan fingerprint density at radius 1 is 1.53 bits per heavy atom. The largest absolute Gasteiger partial charge is 0.307 e. The molecule has 0 fully saturated rings. The first-order valence-corrected chi connectivity index (χ1v) is 5.59. The summed E-state index contributed by atoms with van der Waals surface area (Å²) >= 11 is 3.38. The maximum absolute atomic E-state index is 11.5. The first kappa shape index (κ1) is 12.1. The highest BCUT2D eigenvalue weighted by Gasteiger charge is 2.02. The molecule has 0 aliphatic carbocycles. The van der Waals surface area contributed by atoms with Crippen LogP contribution in [0.15, 0.2) is 41.4 Å². The van der Waals surface area contributed by atoms with Gasteiger partial charge in [0.25, 0.3) is 0 Å². The molecule has 0 aliphatic heterocycles. The molecule has 0 atom stereocenters. The number of hydrogen-bond acceptors (Lipinski definition) is 2. The number of nitrogens with one attached hydrogen (secondary N) is 1. The number of ketones is 1. The Morgan fingerprint density at radius 2 is 2.33 bits per heavy atom. The molecule has 0 heterocycles. The fraction of sp³-hybridized carbons (Fsp3) is 0.250. The molecule has 0 radical (unpaired) electrons. The predicted molar refractivity (Wildman–Crippen MR) is 65.9 cm³/mol. The quantitative estimate of drug-likeness (QED) is 0.633. The predicted octanol–water partition coefficient (Wildman–Crippen LogP) is 2.34. The van der Waals surface area contributed by atoms with Crippen LogP contribution >= 0.6 is 15.9 Å². The van der Waals surface area contributed by atoms with Crippen LogP contribution in [0, 0.1) is 0 Å². The number of hydrogen-bond donors (Lipinski definition) is 1. The van der Waals surface area contributed by atoms with Crippen molar-refractivity contribution in [2.45, 2.75) is 6.42 Å². The van der Waals surface area contributed by atoms with Crippen molar-refractivity contribution in [3.05, 3.63) is 47.0 Å². The van der Waals surface area contributed by atoms with Gasteiger partial charge in [-0.25, -0.2) is 0 Å². The van der Waals surface area contributed by atoms with Gasteiger partial charge in [0, 0.05) is 17.4 Å². The Kier molecular flexibility index (Phi) is 5.29. The van der Waals surface area contributed by atoms with Gasteiger partial charge in [0.05, 0.1) is 6.54 Å². The zero-order valence-corrected chi connectivity index (χ0v) is 10.1. The minimum Gasteiger partial charge on any atom is -0.307 e. The monoisotopic (exact) mass is 267 g/mol. The van der Waals surface area contributed by atoms with Gasteiger partial charge in [0.1, 0.15) is 0 Å². The highest BCUT2D eigenvalue weighted by atomic mass is 79.9. The summed E-state index contributed by atoms with van der Waals surface area (Å²) in [6.45, 7) is 4.65. The zero-order chi connectivity index (χ0) is 11.1. The fourth-order valence-electron chi connectivity index (χ4n) is 1.25. The topological polar surface area (TPSA) is 29.1 Å². The third-order valence-electron chi connectivity index (χ3n) is 1.90. The number of carbonyl (C=O) groups is 1. The summed E-state index contributed by atoms with van der Waals surface area (Å²) in [5.74, 6) is 0.190. The van der Waals surface area contributed by atoms with Crippen LogP contribution in [-0.4, -0.2) is 18.9 Å². The van der Waals surface area contributed by atoms with E-state index in [2.05, 4.69) is 27.8 Å². The number of halogens is 1. The Balaban J connectivity index is 2.40. The molecule has 0 unspecified atom stereocenters. The van der Waals surface area contributed by atoms with Gasteiger partial charge in [-0.05, 0) is 17.7 Å². The summed E-state index contributed by atoms with van der Waals surface area (Å²) in [4.78, 5) is 11.5. The molecule has 0 aromatic heterocycles. The summed E-state index contributed by atoms with van der Waals surface area (Å²) in [5.41, 5.74) is 1.04. The maximum atomic E-state index is 11.5. The van der Waals surface area contributed by atoms with E-state index in [4.69, 9.17) is 0 Å². The third kappa shape index (κ3) is 4.91. The van der Waals surface area contributed by atoms with Crippen LogP contribution in [0.3, 0.4) is 0 Å². The lowest BCUT2D eigenvalue weighted by atomic mass is 10.1. The van der Waals surface area contributed by atoms with Crippen LogP contribution in [0.25, 0.3) is 0 Å². The van der Waals surface area contributed by atoms with Crippen molar-refractivity contribution < 1.29 is 4.79 Å². The average molecular weight is 268 g/mol. The first-order chi connectivity index (χ1) is 7.22. The molecule has 1 N–H and O–H groups in total. The van der Waals surface area contributed by atoms with Gasteiger partial charge in [0.2, 0.25) is 0 Å². The minimum atomic E-state index is 0.190. The lowest BCUT2D eigenvalue weighted by molar-refractivity contribution is -0.117. The van der Waals surface area contributed by atoms with Gasteiger partial charge in [-0.3, -0.25) is 4.79 Å². The molecule has 0 saturated carbocycles. The van der Waals surface area contributed by atoms with Crippen LogP contribution < -0.4 is 5.32 Å². The standard InChI is InChI=1S/C12H14BrNO/c1-2-6-14-9-12(15)8-10-4-3-5-11(13)7-10/h2-5,7,14H,1,6,8-9H2. The van der Waals surface area contributed by atoms with E-state index in [9.17, 15) is 4.79 Å². The van der Waals surface area contributed by atoms with Crippen molar-refractivity contribution in [2.24, 2.45) is 0 Å². The van der Waals surface area contributed by atoms with Crippen molar-refractivity contribution >= 4 is 21.7 Å². The molecular weight excluding hydrogens is 254 g/mol. The highest BCUT2D eigenvalue weighted by Crippen LogP contribution is 2.11. The molecule has 0 saturated heterocycles. The van der Waals surface area contributed by atoms with E-state index in [0.717, 1.165) is 10.0 Å². The van der Waals surface area contributed by atoms with Crippen molar-refractivity contribution in [2.75, 3.05) is 13.1 Å². The summed E-state index contributed by atoms with van der Waals surface area (Å²) in [6.07, 6.45) is 2.22. The third-order valence-corrected chi connectivity index (χ3v) is 2.39. The molecule has 2 nitrogen and oxygen atoms in total. The van der Waals surface area contributed by atoms with E-state index in [1.54, 1.807) is 6.08 Å². The SMILES string of the molecule is C=CCNCC(=O)Cc1cccc(Br)c1. The van der Waals surface area contributed by atoms with Gasteiger partial charge in [0.15, 0.2) is 5.78 Å². The number of rotatable bonds is 6. The molecule has 0 spiro atoms. The maximum Gasteiger partial charge on any atom is 0.150 e. The van der Waals surface area contributed by atoms with Gasteiger partial charge in [-0.15, -0.1) is 6.58 Å². The smallest absolute Gasteiger partial charge is 0.150 e. The first-order valence-electron chi connectivity index (χ1n) is 4.80. The van der Waals surface area contributed by atoms with E-state index in [1.807, 2.05) is 24.3 Å². The second-order valence-corrected chi connectivity index (χ2v) is 4.18. The van der Waals surface area contributed by atoms with Crippen molar-refractivity contribution in [3.8, 4) is 0 Å². The molecule has 80 valence electrons. The number of Topliss-reactive ketones (excluding diaryl/α,β-unsaturated/α-hetero) is 1. The van der Waals surface area contributed by atoms with Crippen LogP contribution in [0.2, 0.25) is 0 Å². The summed E-state index contributed by atoms with van der Waals surface area (Å²) < 4.78 is 1.01. The van der Waals surface area contributed by atoms with Gasteiger partial charge < -0.3 is 5.32 Å². The van der Waals surface area contributed by atoms with E-state index in [1.165, 1.54) is 0 Å². The molecule has 1 rings (SSSR count). The number of benzene rings is 1. The van der Waals surface area contributed by atoms with E-state index in [0.29, 0.717) is 19.5 Å². The molecule has 1 aromatic rings. The zero-order valence-electron chi connectivity index (χ0n) is 8.50. The minimum absolute atomic E-state index is 0.190. The fourth-order valence-corrected chi connectivity index (χ4v) is 1.70. The highest BCUT2D eigenvalue weighted by molar-refractivity contribution is 9.10. The van der Waals surface area contributed by atoms with Gasteiger partial charge in [-0.1, -0.05) is 34.1 Å². The molecular formula is C12H14BrNO. The lowest BCUT2D eigenvalue weighted by Crippen LogP contribution is -2.24. The average Bonchev–Trinajstić information content (AvgIpc) is 2.18. The van der Waals surface area contributed by atoms with Crippen LogP contribution in [0.4, 0.5) is 0 Å². The number of carbonyl (C=O) groups excluding carboxylic acids is 1. The molecule has 1 aromatic carbocycles. The van der Waals surface area contributed by atoms with Crippen LogP contribution in [-0.2, 0) is 11.2 Å². The molecule has 0 aliphatic rings. The molecule has 15 heavy (non-hydrogen) atoms. The van der Waals surface area contributed by atoms with E-state index in [-0.39, 0.29) is 5.78 Å². The summed E-state index contributed by atoms with van der Waals surface area (Å²) in [6, 6.07) is 7.80. The van der Waals surface area contributed by atoms with Crippen molar-refractivity contribution in [1.82, 2.24) is 5.32 Å². The Morgan fingerprint density at radius 3 is 3.00 bits per heavy atom. The van der Waals surface area contributed by atoms with E-state index < -0.39 is 0 Å². The summed E-state index contributed by atoms with van der Waals surface area (Å²) in [5, 5.41) is 2.99. The van der Waals surface area contributed by atoms with Crippen LogP contribution in [0.1, 0.15) is 5.56 Å². The molecule has 3 heteroatoms. The summed E-state index contributed by atoms with van der Waals surface area (Å²) in [7, 11) is 0. The lowest BCUT2D eigenvalue weighted by Gasteiger charge is -2.02. The van der Waals surface area contributed by atoms with Crippen molar-refractivity contribution in [3.63, 3.8) is 0 Å². The second-order valence-electron chi connectivity index (χ2n) is 3.26. The second kappa shape index (κ2) is 6.53. The van der Waals surface area contributed by atoms with E-state index >= 15 is 0 Å². The van der Waals surface area contributed by atoms with Gasteiger partial charge in [-0.2, -0.15) is 0 Å². The normalized spacial score (nSPS) is 9.93. The Bertz CT molecular complexity index is 349. The molecule has 0 bridgehead atoms. The Labute approximate surface area is 98.5 Å². The van der Waals surface area contributed by atoms with Crippen LogP contribution in [0.5, 0.6) is 0 Å². The van der Waals surface area contributed by atoms with Gasteiger partial charge >= 0.3 is 0 Å².